The number of carbonyl (C=O) groups excluding carboxylic acids is 1. The van der Waals surface area contributed by atoms with Crippen LogP contribution in [0.4, 0.5) is 0 Å². The van der Waals surface area contributed by atoms with E-state index in [1.54, 1.807) is 0 Å². The molecule has 0 bridgehead atoms. The van der Waals surface area contributed by atoms with Crippen LogP contribution in [0.3, 0.4) is 0 Å². The lowest BCUT2D eigenvalue weighted by Gasteiger charge is -2.30. The van der Waals surface area contributed by atoms with E-state index >= 15 is 0 Å². The zero-order valence-electron chi connectivity index (χ0n) is 11.6. The highest BCUT2D eigenvalue weighted by Gasteiger charge is 2.33. The fourth-order valence-electron chi connectivity index (χ4n) is 3.24. The number of carbonyl (C=O) groups is 1. The molecule has 1 saturated carbocycles. The SMILES string of the molecule is O=C(CN1CCC[C@@H](O)C1)NCC1(CO)CCCC1. The van der Waals surface area contributed by atoms with Crippen LogP contribution in [0, 0.1) is 5.41 Å². The van der Waals surface area contributed by atoms with Crippen LogP contribution in [-0.2, 0) is 4.79 Å². The standard InChI is InChI=1S/C14H26N2O3/c17-11-14(5-1-2-6-14)10-15-13(19)9-16-7-3-4-12(18)8-16/h12,17-18H,1-11H2,(H,15,19)/t12-/m1/s1. The Hall–Kier alpha value is -0.650. The van der Waals surface area contributed by atoms with Crippen LogP contribution in [0.25, 0.3) is 0 Å². The van der Waals surface area contributed by atoms with Gasteiger partial charge in [-0.15, -0.1) is 0 Å². The van der Waals surface area contributed by atoms with Crippen LogP contribution in [0.15, 0.2) is 0 Å². The summed E-state index contributed by atoms with van der Waals surface area (Å²) in [7, 11) is 0. The van der Waals surface area contributed by atoms with Gasteiger partial charge in [0.1, 0.15) is 0 Å². The first kappa shape index (κ1) is 14.8. The van der Waals surface area contributed by atoms with Gasteiger partial charge in [0.05, 0.1) is 19.3 Å². The summed E-state index contributed by atoms with van der Waals surface area (Å²) < 4.78 is 0. The number of aliphatic hydroxyl groups is 2. The molecular weight excluding hydrogens is 244 g/mol. The summed E-state index contributed by atoms with van der Waals surface area (Å²) in [5.41, 5.74) is -0.0862. The second-order valence-corrected chi connectivity index (χ2v) is 6.17. The summed E-state index contributed by atoms with van der Waals surface area (Å²) in [6.45, 7) is 2.58. The third kappa shape index (κ3) is 4.16. The first-order valence-corrected chi connectivity index (χ1v) is 7.42. The van der Waals surface area contributed by atoms with Crippen molar-refractivity contribution >= 4 is 5.91 Å². The van der Waals surface area contributed by atoms with Gasteiger partial charge in [-0.2, -0.15) is 0 Å². The number of hydrogen-bond acceptors (Lipinski definition) is 4. The quantitative estimate of drug-likeness (QED) is 0.663. The maximum atomic E-state index is 11.9. The van der Waals surface area contributed by atoms with Crippen molar-refractivity contribution in [3.05, 3.63) is 0 Å². The predicted molar refractivity (Wildman–Crippen MR) is 72.7 cm³/mol. The Balaban J connectivity index is 1.72. The lowest BCUT2D eigenvalue weighted by atomic mass is 9.87. The molecule has 0 spiro atoms. The van der Waals surface area contributed by atoms with E-state index in [9.17, 15) is 15.0 Å². The van der Waals surface area contributed by atoms with E-state index in [-0.39, 0.29) is 24.0 Å². The smallest absolute Gasteiger partial charge is 0.234 e. The van der Waals surface area contributed by atoms with Crippen LogP contribution in [0.5, 0.6) is 0 Å². The highest BCUT2D eigenvalue weighted by molar-refractivity contribution is 5.78. The first-order valence-electron chi connectivity index (χ1n) is 7.42. The van der Waals surface area contributed by atoms with Crippen molar-refractivity contribution < 1.29 is 15.0 Å². The molecule has 3 N–H and O–H groups in total. The molecule has 110 valence electrons. The summed E-state index contributed by atoms with van der Waals surface area (Å²) in [6.07, 6.45) is 5.81. The third-order valence-electron chi connectivity index (χ3n) is 4.51. The van der Waals surface area contributed by atoms with Gasteiger partial charge >= 0.3 is 0 Å². The average molecular weight is 270 g/mol. The summed E-state index contributed by atoms with van der Waals surface area (Å²) >= 11 is 0. The van der Waals surface area contributed by atoms with Crippen LogP contribution in [0.2, 0.25) is 0 Å². The number of nitrogens with zero attached hydrogens (tertiary/aromatic N) is 1. The number of amides is 1. The third-order valence-corrected chi connectivity index (χ3v) is 4.51. The fourth-order valence-corrected chi connectivity index (χ4v) is 3.24. The number of likely N-dealkylation sites (tertiary alicyclic amines) is 1. The topological polar surface area (TPSA) is 72.8 Å². The minimum atomic E-state index is -0.292. The summed E-state index contributed by atoms with van der Waals surface area (Å²) in [5, 5.41) is 22.0. The van der Waals surface area contributed by atoms with Crippen molar-refractivity contribution in [2.75, 3.05) is 32.8 Å². The largest absolute Gasteiger partial charge is 0.396 e. The van der Waals surface area contributed by atoms with Crippen molar-refractivity contribution in [2.24, 2.45) is 5.41 Å². The first-order chi connectivity index (χ1) is 9.13. The minimum Gasteiger partial charge on any atom is -0.396 e. The molecular formula is C14H26N2O3. The Morgan fingerprint density at radius 3 is 2.68 bits per heavy atom. The van der Waals surface area contributed by atoms with Gasteiger partial charge < -0.3 is 15.5 Å². The lowest BCUT2D eigenvalue weighted by Crippen LogP contribution is -2.46. The van der Waals surface area contributed by atoms with Crippen LogP contribution in [-0.4, -0.2) is 59.9 Å². The maximum Gasteiger partial charge on any atom is 0.234 e. The molecule has 5 nitrogen and oxygen atoms in total. The fraction of sp³-hybridized carbons (Fsp3) is 0.929. The van der Waals surface area contributed by atoms with Gasteiger partial charge in [-0.3, -0.25) is 9.69 Å². The molecule has 19 heavy (non-hydrogen) atoms. The van der Waals surface area contributed by atoms with E-state index in [1.165, 1.54) is 0 Å². The van der Waals surface area contributed by atoms with E-state index in [0.29, 0.717) is 19.6 Å². The van der Waals surface area contributed by atoms with Crippen molar-refractivity contribution in [2.45, 2.75) is 44.6 Å². The zero-order valence-corrected chi connectivity index (χ0v) is 11.6. The van der Waals surface area contributed by atoms with E-state index < -0.39 is 0 Å². The number of piperidine rings is 1. The summed E-state index contributed by atoms with van der Waals surface area (Å²) in [6, 6.07) is 0. The molecule has 1 atom stereocenters. The van der Waals surface area contributed by atoms with E-state index in [2.05, 4.69) is 5.32 Å². The molecule has 2 fully saturated rings. The molecule has 1 amide bonds. The number of hydrogen-bond donors (Lipinski definition) is 3. The Morgan fingerprint density at radius 2 is 2.05 bits per heavy atom. The molecule has 2 rings (SSSR count). The Kier molecular flexibility index (Phi) is 5.19. The minimum absolute atomic E-state index is 0.00817. The normalized spacial score (nSPS) is 27.4. The Bertz CT molecular complexity index is 303. The molecule has 1 aliphatic heterocycles. The predicted octanol–water partition coefficient (Wildman–Crippen LogP) is 0.112. The molecule has 5 heteroatoms. The number of aliphatic hydroxyl groups excluding tert-OH is 2. The molecule has 1 aliphatic carbocycles. The molecule has 0 aromatic rings. The van der Waals surface area contributed by atoms with Gasteiger partial charge in [0.15, 0.2) is 0 Å². The van der Waals surface area contributed by atoms with Crippen LogP contribution < -0.4 is 5.32 Å². The van der Waals surface area contributed by atoms with Gasteiger partial charge in [-0.1, -0.05) is 12.8 Å². The monoisotopic (exact) mass is 270 g/mol. The van der Waals surface area contributed by atoms with Gasteiger partial charge in [0.25, 0.3) is 0 Å². The molecule has 2 aliphatic rings. The maximum absolute atomic E-state index is 11.9. The average Bonchev–Trinajstić information content (AvgIpc) is 2.86. The molecule has 0 aromatic heterocycles. The van der Waals surface area contributed by atoms with Gasteiger partial charge in [0, 0.05) is 18.5 Å². The van der Waals surface area contributed by atoms with Crippen LogP contribution in [0.1, 0.15) is 38.5 Å². The van der Waals surface area contributed by atoms with Gasteiger partial charge in [-0.05, 0) is 32.2 Å². The van der Waals surface area contributed by atoms with Crippen molar-refractivity contribution in [3.8, 4) is 0 Å². The van der Waals surface area contributed by atoms with Crippen molar-refractivity contribution in [1.29, 1.82) is 0 Å². The molecule has 1 heterocycles. The van der Waals surface area contributed by atoms with Crippen molar-refractivity contribution in [1.82, 2.24) is 10.2 Å². The van der Waals surface area contributed by atoms with E-state index in [0.717, 1.165) is 45.1 Å². The number of β-amino-alcohol motifs (C(OH)–C–C–N with tert-alkyl or cyclic N) is 1. The second kappa shape index (κ2) is 6.68. The van der Waals surface area contributed by atoms with E-state index in [1.807, 2.05) is 4.90 Å². The summed E-state index contributed by atoms with van der Waals surface area (Å²) in [5.74, 6) is 0.00817. The van der Waals surface area contributed by atoms with Gasteiger partial charge in [-0.25, -0.2) is 0 Å². The van der Waals surface area contributed by atoms with Crippen LogP contribution >= 0.6 is 0 Å². The zero-order chi connectivity index (χ0) is 13.7. The van der Waals surface area contributed by atoms with E-state index in [4.69, 9.17) is 0 Å². The summed E-state index contributed by atoms with van der Waals surface area (Å²) in [4.78, 5) is 13.9. The molecule has 1 saturated heterocycles. The van der Waals surface area contributed by atoms with Crippen molar-refractivity contribution in [3.63, 3.8) is 0 Å². The molecule has 0 radical (unpaired) electrons. The Morgan fingerprint density at radius 1 is 1.32 bits per heavy atom. The lowest BCUT2D eigenvalue weighted by molar-refractivity contribution is -0.123. The number of nitrogens with one attached hydrogen (secondary N) is 1. The highest BCUT2D eigenvalue weighted by atomic mass is 16.3. The highest BCUT2D eigenvalue weighted by Crippen LogP contribution is 2.36. The molecule has 0 unspecified atom stereocenters. The Labute approximate surface area is 115 Å². The van der Waals surface area contributed by atoms with Gasteiger partial charge in [0.2, 0.25) is 5.91 Å². The molecule has 0 aromatic carbocycles. The number of rotatable bonds is 5. The second-order valence-electron chi connectivity index (χ2n) is 6.17.